The molecule has 0 unspecified atom stereocenters. The molecule has 3 rings (SSSR count). The third-order valence-electron chi connectivity index (χ3n) is 3.27. The lowest BCUT2D eigenvalue weighted by Gasteiger charge is -2.18. The van der Waals surface area contributed by atoms with Gasteiger partial charge >= 0.3 is 0 Å². The van der Waals surface area contributed by atoms with E-state index >= 15 is 0 Å². The Bertz CT molecular complexity index is 776. The molecule has 3 nitrogen and oxygen atoms in total. The fourth-order valence-electron chi connectivity index (χ4n) is 2.28. The summed E-state index contributed by atoms with van der Waals surface area (Å²) in [6, 6.07) is 8.32. The summed E-state index contributed by atoms with van der Waals surface area (Å²) >= 11 is 3.30. The predicted molar refractivity (Wildman–Crippen MR) is 76.0 cm³/mol. The number of rotatable bonds is 2. The largest absolute Gasteiger partial charge is 0.299 e. The number of para-hydroxylation sites is 1. The summed E-state index contributed by atoms with van der Waals surface area (Å²) < 4.78 is 26.8. The molecule has 0 spiro atoms. The molecule has 0 bridgehead atoms. The number of carbonyl (C=O) groups is 2. The molecule has 1 heterocycles. The highest BCUT2D eigenvalue weighted by Gasteiger charge is 2.37. The van der Waals surface area contributed by atoms with E-state index in [2.05, 4.69) is 15.9 Å². The van der Waals surface area contributed by atoms with Gasteiger partial charge in [0.1, 0.15) is 0 Å². The van der Waals surface area contributed by atoms with Crippen molar-refractivity contribution in [3.63, 3.8) is 0 Å². The topological polar surface area (TPSA) is 37.4 Å². The molecular weight excluding hydrogens is 344 g/mol. The molecule has 1 amide bonds. The number of ketones is 1. The quantitative estimate of drug-likeness (QED) is 0.777. The van der Waals surface area contributed by atoms with Crippen LogP contribution in [0.25, 0.3) is 0 Å². The Morgan fingerprint density at radius 3 is 2.52 bits per heavy atom. The number of hydrogen-bond acceptors (Lipinski definition) is 2. The van der Waals surface area contributed by atoms with Crippen LogP contribution in [-0.2, 0) is 11.3 Å². The highest BCUT2D eigenvalue weighted by atomic mass is 79.9. The standard InChI is InChI=1S/C15H8BrF2NO2/c16-10-3-1-2-9-13(10)19(15(21)14(9)20)7-8-4-5-11(17)12(18)6-8/h1-6H,7H2. The van der Waals surface area contributed by atoms with Crippen molar-refractivity contribution < 1.29 is 18.4 Å². The van der Waals surface area contributed by atoms with E-state index in [1.54, 1.807) is 18.2 Å². The highest BCUT2D eigenvalue weighted by molar-refractivity contribution is 9.10. The van der Waals surface area contributed by atoms with E-state index in [-0.39, 0.29) is 6.54 Å². The van der Waals surface area contributed by atoms with Crippen LogP contribution in [0.3, 0.4) is 0 Å². The minimum atomic E-state index is -0.988. The molecule has 2 aromatic rings. The van der Waals surface area contributed by atoms with Crippen molar-refractivity contribution in [1.29, 1.82) is 0 Å². The normalized spacial score (nSPS) is 13.8. The van der Waals surface area contributed by atoms with Gasteiger partial charge in [0, 0.05) is 4.47 Å². The number of hydrogen-bond donors (Lipinski definition) is 0. The highest BCUT2D eigenvalue weighted by Crippen LogP contribution is 2.36. The Morgan fingerprint density at radius 2 is 1.81 bits per heavy atom. The first-order chi connectivity index (χ1) is 9.99. The lowest BCUT2D eigenvalue weighted by molar-refractivity contribution is -0.114. The third-order valence-corrected chi connectivity index (χ3v) is 3.91. The Morgan fingerprint density at radius 1 is 1.05 bits per heavy atom. The SMILES string of the molecule is O=C1C(=O)N(Cc2ccc(F)c(F)c2)c2c(Br)cccc21. The van der Waals surface area contributed by atoms with Gasteiger partial charge < -0.3 is 0 Å². The van der Waals surface area contributed by atoms with E-state index in [0.29, 0.717) is 21.3 Å². The maximum Gasteiger partial charge on any atom is 0.299 e. The fraction of sp³-hybridized carbons (Fsp3) is 0.0667. The first-order valence-corrected chi connectivity index (χ1v) is 6.87. The Labute approximate surface area is 127 Å². The second kappa shape index (κ2) is 5.04. The van der Waals surface area contributed by atoms with Gasteiger partial charge in [0.15, 0.2) is 11.6 Å². The van der Waals surface area contributed by atoms with E-state index in [1.807, 2.05) is 0 Å². The number of carbonyl (C=O) groups excluding carboxylic acids is 2. The summed E-state index contributed by atoms with van der Waals surface area (Å²) in [6.07, 6.45) is 0. The van der Waals surface area contributed by atoms with Crippen molar-refractivity contribution >= 4 is 33.3 Å². The van der Waals surface area contributed by atoms with Crippen LogP contribution in [0, 0.1) is 11.6 Å². The molecule has 0 N–H and O–H groups in total. The van der Waals surface area contributed by atoms with E-state index in [9.17, 15) is 18.4 Å². The molecule has 0 saturated heterocycles. The number of fused-ring (bicyclic) bond motifs is 1. The monoisotopic (exact) mass is 351 g/mol. The van der Waals surface area contributed by atoms with Gasteiger partial charge in [0.05, 0.1) is 17.8 Å². The van der Waals surface area contributed by atoms with Crippen LogP contribution < -0.4 is 4.90 Å². The van der Waals surface area contributed by atoms with E-state index in [1.165, 1.54) is 11.0 Å². The Balaban J connectivity index is 2.02. The van der Waals surface area contributed by atoms with Gasteiger partial charge in [-0.25, -0.2) is 8.78 Å². The van der Waals surface area contributed by atoms with Gasteiger partial charge in [0.25, 0.3) is 11.7 Å². The van der Waals surface area contributed by atoms with Crippen LogP contribution in [0.1, 0.15) is 15.9 Å². The zero-order valence-corrected chi connectivity index (χ0v) is 12.2. The van der Waals surface area contributed by atoms with E-state index in [4.69, 9.17) is 0 Å². The number of Topliss-reactive ketones (excluding diaryl/α,β-unsaturated/α-hetero) is 1. The van der Waals surface area contributed by atoms with E-state index in [0.717, 1.165) is 12.1 Å². The zero-order valence-electron chi connectivity index (χ0n) is 10.6. The maximum atomic E-state index is 13.2. The fourth-order valence-corrected chi connectivity index (χ4v) is 2.86. The smallest absolute Gasteiger partial charge is 0.299 e. The lowest BCUT2D eigenvalue weighted by atomic mass is 10.1. The molecule has 0 atom stereocenters. The van der Waals surface area contributed by atoms with Crippen LogP contribution in [0.4, 0.5) is 14.5 Å². The van der Waals surface area contributed by atoms with Gasteiger partial charge in [-0.3, -0.25) is 14.5 Å². The Hall–Kier alpha value is -2.08. The summed E-state index contributed by atoms with van der Waals surface area (Å²) in [5, 5.41) is 0. The number of nitrogens with zero attached hydrogens (tertiary/aromatic N) is 1. The first-order valence-electron chi connectivity index (χ1n) is 6.07. The molecule has 0 fully saturated rings. The molecule has 2 aromatic carbocycles. The summed E-state index contributed by atoms with van der Waals surface area (Å²) in [4.78, 5) is 25.2. The van der Waals surface area contributed by atoms with Crippen molar-refractivity contribution in [2.24, 2.45) is 0 Å². The molecule has 1 aliphatic heterocycles. The Kier molecular flexibility index (Phi) is 3.33. The number of anilines is 1. The molecule has 0 aromatic heterocycles. The molecular formula is C15H8BrF2NO2. The molecule has 1 aliphatic rings. The van der Waals surface area contributed by atoms with Crippen LogP contribution in [0.5, 0.6) is 0 Å². The number of benzene rings is 2. The van der Waals surface area contributed by atoms with Crippen molar-refractivity contribution in [1.82, 2.24) is 0 Å². The van der Waals surface area contributed by atoms with Crippen molar-refractivity contribution in [3.05, 3.63) is 63.6 Å². The summed E-state index contributed by atoms with van der Waals surface area (Å²) in [5.74, 6) is -3.22. The van der Waals surface area contributed by atoms with Crippen LogP contribution >= 0.6 is 15.9 Å². The minimum absolute atomic E-state index is 0.00259. The van der Waals surface area contributed by atoms with Crippen LogP contribution in [-0.4, -0.2) is 11.7 Å². The van der Waals surface area contributed by atoms with Gasteiger partial charge in [0.2, 0.25) is 0 Å². The van der Waals surface area contributed by atoms with Crippen LogP contribution in [0.15, 0.2) is 40.9 Å². The summed E-state index contributed by atoms with van der Waals surface area (Å²) in [7, 11) is 0. The van der Waals surface area contributed by atoms with Crippen molar-refractivity contribution in [3.8, 4) is 0 Å². The average molecular weight is 352 g/mol. The minimum Gasteiger partial charge on any atom is -0.299 e. The first kappa shape index (κ1) is 13.9. The third kappa shape index (κ3) is 2.25. The lowest BCUT2D eigenvalue weighted by Crippen LogP contribution is -2.29. The number of halogens is 3. The number of amides is 1. The predicted octanol–water partition coefficient (Wildman–Crippen LogP) is 3.46. The maximum absolute atomic E-state index is 13.2. The molecule has 21 heavy (non-hydrogen) atoms. The average Bonchev–Trinajstić information content (AvgIpc) is 2.69. The van der Waals surface area contributed by atoms with Gasteiger partial charge in [-0.05, 0) is 45.8 Å². The van der Waals surface area contributed by atoms with Gasteiger partial charge in [-0.1, -0.05) is 12.1 Å². The second-order valence-corrected chi connectivity index (χ2v) is 5.46. The second-order valence-electron chi connectivity index (χ2n) is 4.60. The van der Waals surface area contributed by atoms with Gasteiger partial charge in [-0.15, -0.1) is 0 Å². The zero-order chi connectivity index (χ0) is 15.1. The molecule has 0 aliphatic carbocycles. The molecule has 6 heteroatoms. The molecule has 0 saturated carbocycles. The molecule has 0 radical (unpaired) electrons. The van der Waals surface area contributed by atoms with Crippen LogP contribution in [0.2, 0.25) is 0 Å². The molecule has 106 valence electrons. The summed E-state index contributed by atoms with van der Waals surface area (Å²) in [6.45, 7) is -0.00259. The van der Waals surface area contributed by atoms with E-state index < -0.39 is 23.3 Å². The van der Waals surface area contributed by atoms with Gasteiger partial charge in [-0.2, -0.15) is 0 Å². The summed E-state index contributed by atoms with van der Waals surface area (Å²) in [5.41, 5.74) is 1.16. The van der Waals surface area contributed by atoms with Crippen molar-refractivity contribution in [2.75, 3.05) is 4.90 Å². The van der Waals surface area contributed by atoms with Crippen molar-refractivity contribution in [2.45, 2.75) is 6.54 Å².